The van der Waals surface area contributed by atoms with E-state index in [9.17, 15) is 4.79 Å². The van der Waals surface area contributed by atoms with E-state index in [1.807, 2.05) is 45.0 Å². The molecular formula is C18H26O3. The average molecular weight is 290 g/mol. The highest BCUT2D eigenvalue weighted by atomic mass is 16.5. The summed E-state index contributed by atoms with van der Waals surface area (Å²) in [4.78, 5) is 11.8. The molecular weight excluding hydrogens is 264 g/mol. The number of ether oxygens (including phenoxy) is 2. The highest BCUT2D eigenvalue weighted by molar-refractivity contribution is 5.72. The van der Waals surface area contributed by atoms with E-state index in [0.717, 1.165) is 29.9 Å². The van der Waals surface area contributed by atoms with Gasteiger partial charge < -0.3 is 9.47 Å². The van der Waals surface area contributed by atoms with Crippen LogP contribution >= 0.6 is 0 Å². The maximum atomic E-state index is 11.8. The molecule has 3 nitrogen and oxygen atoms in total. The van der Waals surface area contributed by atoms with Crippen LogP contribution in [0.15, 0.2) is 36.1 Å². The Kier molecular flexibility index (Phi) is 7.59. The lowest BCUT2D eigenvalue weighted by Crippen LogP contribution is -2.16. The summed E-state index contributed by atoms with van der Waals surface area (Å²) in [7, 11) is 0. The summed E-state index contributed by atoms with van der Waals surface area (Å²) in [6, 6.07) is 7.90. The fraction of sp³-hybridized carbons (Fsp3) is 0.500. The fourth-order valence-electron chi connectivity index (χ4n) is 1.95. The number of carbonyl (C=O) groups is 1. The second-order valence-corrected chi connectivity index (χ2v) is 5.18. The van der Waals surface area contributed by atoms with Crippen LogP contribution in [0.3, 0.4) is 0 Å². The van der Waals surface area contributed by atoms with Crippen LogP contribution in [0.5, 0.6) is 5.75 Å². The third kappa shape index (κ3) is 6.03. The van der Waals surface area contributed by atoms with Crippen molar-refractivity contribution < 1.29 is 14.3 Å². The molecule has 0 amide bonds. The van der Waals surface area contributed by atoms with Crippen molar-refractivity contribution >= 4 is 5.97 Å². The maximum Gasteiger partial charge on any atom is 0.309 e. The monoisotopic (exact) mass is 290 g/mol. The first kappa shape index (κ1) is 17.3. The summed E-state index contributed by atoms with van der Waals surface area (Å²) < 4.78 is 11.1. The summed E-state index contributed by atoms with van der Waals surface area (Å²) in [6.45, 7) is 8.25. The molecule has 0 bridgehead atoms. The average Bonchev–Trinajstić information content (AvgIpc) is 2.47. The molecule has 0 saturated carbocycles. The molecule has 0 saturated heterocycles. The molecule has 1 atom stereocenters. The predicted octanol–water partition coefficient (Wildman–Crippen LogP) is 4.65. The van der Waals surface area contributed by atoms with Gasteiger partial charge in [-0.3, -0.25) is 4.79 Å². The predicted molar refractivity (Wildman–Crippen MR) is 85.2 cm³/mol. The van der Waals surface area contributed by atoms with Crippen LogP contribution in [-0.2, 0) is 9.53 Å². The van der Waals surface area contributed by atoms with Crippen molar-refractivity contribution in [2.75, 3.05) is 6.61 Å². The molecule has 0 N–H and O–H groups in total. The van der Waals surface area contributed by atoms with Crippen LogP contribution in [0.2, 0.25) is 0 Å². The number of rotatable bonds is 8. The third-order valence-electron chi connectivity index (χ3n) is 3.19. The Hall–Kier alpha value is -1.77. The van der Waals surface area contributed by atoms with Gasteiger partial charge in [0.2, 0.25) is 0 Å². The number of para-hydroxylation sites is 1. The summed E-state index contributed by atoms with van der Waals surface area (Å²) in [6.07, 6.45) is 4.63. The first-order chi connectivity index (χ1) is 10.1. The normalized spacial score (nSPS) is 12.9. The number of carbonyl (C=O) groups excluding carboxylic acids is 1. The molecule has 0 fully saturated rings. The van der Waals surface area contributed by atoms with Crippen LogP contribution in [0.1, 0.15) is 45.6 Å². The van der Waals surface area contributed by atoms with Crippen LogP contribution in [-0.4, -0.2) is 12.6 Å². The van der Waals surface area contributed by atoms with Gasteiger partial charge in [0.25, 0.3) is 0 Å². The van der Waals surface area contributed by atoms with Crippen LogP contribution in [0, 0.1) is 12.8 Å². The summed E-state index contributed by atoms with van der Waals surface area (Å²) in [5.41, 5.74) is 1.09. The van der Waals surface area contributed by atoms with Crippen molar-refractivity contribution in [1.82, 2.24) is 0 Å². The molecule has 1 aromatic rings. The van der Waals surface area contributed by atoms with E-state index in [1.54, 1.807) is 0 Å². The zero-order valence-corrected chi connectivity index (χ0v) is 13.5. The Morgan fingerprint density at radius 3 is 2.62 bits per heavy atom. The molecule has 0 aromatic heterocycles. The molecule has 1 unspecified atom stereocenters. The minimum absolute atomic E-state index is 0.173. The summed E-state index contributed by atoms with van der Waals surface area (Å²) in [5, 5.41) is 0. The van der Waals surface area contributed by atoms with Crippen LogP contribution in [0.25, 0.3) is 0 Å². The summed E-state index contributed by atoms with van der Waals surface area (Å²) >= 11 is 0. The molecule has 0 heterocycles. The number of benzene rings is 1. The molecule has 0 aliphatic carbocycles. The molecule has 0 aliphatic heterocycles. The lowest BCUT2D eigenvalue weighted by Gasteiger charge is -2.16. The van der Waals surface area contributed by atoms with Gasteiger partial charge in [0.15, 0.2) is 0 Å². The topological polar surface area (TPSA) is 35.5 Å². The SMILES string of the molecule is CCCC=C(CC(C)C(=O)OCC)Oc1ccccc1C. The van der Waals surface area contributed by atoms with Gasteiger partial charge in [0.05, 0.1) is 12.5 Å². The number of aryl methyl sites for hydroxylation is 1. The number of esters is 1. The first-order valence-electron chi connectivity index (χ1n) is 7.67. The highest BCUT2D eigenvalue weighted by Crippen LogP contribution is 2.23. The molecule has 0 aliphatic rings. The Labute approximate surface area is 128 Å². The smallest absolute Gasteiger partial charge is 0.309 e. The second kappa shape index (κ2) is 9.22. The lowest BCUT2D eigenvalue weighted by atomic mass is 10.1. The summed E-state index contributed by atoms with van der Waals surface area (Å²) in [5.74, 6) is 1.31. The van der Waals surface area contributed by atoms with Crippen molar-refractivity contribution in [3.8, 4) is 5.75 Å². The van der Waals surface area contributed by atoms with Crippen molar-refractivity contribution in [1.29, 1.82) is 0 Å². The zero-order chi connectivity index (χ0) is 15.7. The van der Waals surface area contributed by atoms with E-state index >= 15 is 0 Å². The minimum atomic E-state index is -0.197. The van der Waals surface area contributed by atoms with Crippen molar-refractivity contribution in [2.45, 2.75) is 47.0 Å². The van der Waals surface area contributed by atoms with E-state index < -0.39 is 0 Å². The largest absolute Gasteiger partial charge is 0.466 e. The number of hydrogen-bond acceptors (Lipinski definition) is 3. The van der Waals surface area contributed by atoms with E-state index in [0.29, 0.717) is 13.0 Å². The van der Waals surface area contributed by atoms with E-state index in [2.05, 4.69) is 13.0 Å². The van der Waals surface area contributed by atoms with Crippen LogP contribution in [0.4, 0.5) is 0 Å². The molecule has 21 heavy (non-hydrogen) atoms. The van der Waals surface area contributed by atoms with Crippen molar-refractivity contribution in [3.05, 3.63) is 41.7 Å². The van der Waals surface area contributed by atoms with E-state index in [-0.39, 0.29) is 11.9 Å². The van der Waals surface area contributed by atoms with Crippen molar-refractivity contribution in [2.24, 2.45) is 5.92 Å². The Morgan fingerprint density at radius 1 is 1.29 bits per heavy atom. The van der Waals surface area contributed by atoms with Gasteiger partial charge in [-0.15, -0.1) is 0 Å². The second-order valence-electron chi connectivity index (χ2n) is 5.18. The van der Waals surface area contributed by atoms with E-state index in [1.165, 1.54) is 0 Å². The number of hydrogen-bond donors (Lipinski definition) is 0. The van der Waals surface area contributed by atoms with Gasteiger partial charge in [0, 0.05) is 6.42 Å². The quantitative estimate of drug-likeness (QED) is 0.516. The molecule has 0 spiro atoms. The minimum Gasteiger partial charge on any atom is -0.466 e. The zero-order valence-electron chi connectivity index (χ0n) is 13.5. The highest BCUT2D eigenvalue weighted by Gasteiger charge is 2.17. The standard InChI is InChI=1S/C18H26O3/c1-5-7-11-16(13-15(4)18(19)20-6-2)21-17-12-9-8-10-14(17)3/h8-12,15H,5-7,13H2,1-4H3. The Balaban J connectivity index is 2.77. The fourth-order valence-corrected chi connectivity index (χ4v) is 1.95. The molecule has 1 rings (SSSR count). The number of allylic oxidation sites excluding steroid dienone is 2. The molecule has 116 valence electrons. The lowest BCUT2D eigenvalue weighted by molar-refractivity contribution is -0.147. The molecule has 3 heteroatoms. The Morgan fingerprint density at radius 2 is 2.00 bits per heavy atom. The molecule has 0 radical (unpaired) electrons. The van der Waals surface area contributed by atoms with Gasteiger partial charge in [-0.05, 0) is 38.0 Å². The van der Waals surface area contributed by atoms with Crippen LogP contribution < -0.4 is 4.74 Å². The van der Waals surface area contributed by atoms with Gasteiger partial charge in [0.1, 0.15) is 11.5 Å². The first-order valence-corrected chi connectivity index (χ1v) is 7.67. The maximum absolute atomic E-state index is 11.8. The van der Waals surface area contributed by atoms with Gasteiger partial charge in [-0.1, -0.05) is 38.5 Å². The van der Waals surface area contributed by atoms with Gasteiger partial charge in [-0.2, -0.15) is 0 Å². The Bertz CT molecular complexity index is 477. The van der Waals surface area contributed by atoms with Crippen molar-refractivity contribution in [3.63, 3.8) is 0 Å². The van der Waals surface area contributed by atoms with E-state index in [4.69, 9.17) is 9.47 Å². The van der Waals surface area contributed by atoms with Gasteiger partial charge in [-0.25, -0.2) is 0 Å². The number of unbranched alkanes of at least 4 members (excludes halogenated alkanes) is 1. The van der Waals surface area contributed by atoms with Gasteiger partial charge >= 0.3 is 5.97 Å². The third-order valence-corrected chi connectivity index (χ3v) is 3.19. The molecule has 1 aromatic carbocycles.